The fraction of sp³-hybridized carbons (Fsp3) is 0.273. The van der Waals surface area contributed by atoms with Crippen LogP contribution in [0.3, 0.4) is 0 Å². The molecule has 0 aliphatic rings. The molecule has 0 aliphatic carbocycles. The monoisotopic (exact) mass is 296 g/mol. The Kier molecular flexibility index (Phi) is 4.31. The topological polar surface area (TPSA) is 113 Å². The van der Waals surface area contributed by atoms with Gasteiger partial charge < -0.3 is 15.7 Å². The van der Waals surface area contributed by atoms with E-state index in [9.17, 15) is 14.4 Å². The van der Waals surface area contributed by atoms with E-state index in [0.29, 0.717) is 5.69 Å². The molecule has 9 heteroatoms. The van der Waals surface area contributed by atoms with Gasteiger partial charge in [0, 0.05) is 17.8 Å². The number of nitrogens with one attached hydrogen (secondary N) is 2. The molecule has 106 valence electrons. The average molecular weight is 296 g/mol. The summed E-state index contributed by atoms with van der Waals surface area (Å²) in [6.07, 6.45) is 3.66. The molecule has 0 radical (unpaired) electrons. The normalized spacial score (nSPS) is 10.4. The van der Waals surface area contributed by atoms with E-state index in [1.54, 1.807) is 6.20 Å². The maximum absolute atomic E-state index is 11.6. The molecular weight excluding hydrogens is 284 g/mol. The molecule has 0 aliphatic heterocycles. The number of carboxylic acid groups (broad SMARTS) is 1. The molecule has 0 unspecified atom stereocenters. The Morgan fingerprint density at radius 1 is 1.25 bits per heavy atom. The summed E-state index contributed by atoms with van der Waals surface area (Å²) in [7, 11) is 0. The van der Waals surface area contributed by atoms with Crippen LogP contribution in [0.2, 0.25) is 0 Å². The van der Waals surface area contributed by atoms with Gasteiger partial charge in [0.05, 0.1) is 18.7 Å². The molecule has 2 aromatic heterocycles. The fourth-order valence-electron chi connectivity index (χ4n) is 1.50. The van der Waals surface area contributed by atoms with Crippen molar-refractivity contribution >= 4 is 34.1 Å². The van der Waals surface area contributed by atoms with Gasteiger partial charge in [-0.1, -0.05) is 0 Å². The van der Waals surface area contributed by atoms with Gasteiger partial charge in [0.2, 0.25) is 11.8 Å². The number of nitrogens with zero attached hydrogens (tertiary/aromatic N) is 2. The third-order valence-corrected chi connectivity index (χ3v) is 3.14. The number of carbonyl (C=O) groups excluding carboxylic acids is 2. The molecule has 20 heavy (non-hydrogen) atoms. The number of hydrogen-bond acceptors (Lipinski definition) is 5. The average Bonchev–Trinajstić information content (AvgIpc) is 2.94. The lowest BCUT2D eigenvalue weighted by atomic mass is 10.3. The van der Waals surface area contributed by atoms with Crippen molar-refractivity contribution in [3.63, 3.8) is 0 Å². The number of carbonyl (C=O) groups is 3. The van der Waals surface area contributed by atoms with E-state index in [4.69, 9.17) is 5.11 Å². The van der Waals surface area contributed by atoms with Crippen LogP contribution in [0.25, 0.3) is 4.96 Å². The second kappa shape index (κ2) is 6.15. The zero-order valence-electron chi connectivity index (χ0n) is 10.3. The fourth-order valence-corrected chi connectivity index (χ4v) is 2.22. The second-order valence-corrected chi connectivity index (χ2v) is 4.82. The highest BCUT2D eigenvalue weighted by Gasteiger charge is 2.10. The molecule has 0 atom stereocenters. The number of fused-ring (bicyclic) bond motifs is 1. The third-order valence-electron chi connectivity index (χ3n) is 2.37. The van der Waals surface area contributed by atoms with E-state index >= 15 is 0 Å². The molecule has 2 aromatic rings. The number of carboxylic acids is 1. The Bertz CT molecular complexity index is 619. The smallest absolute Gasteiger partial charge is 0.322 e. The van der Waals surface area contributed by atoms with Gasteiger partial charge >= 0.3 is 5.97 Å². The Balaban J connectivity index is 1.76. The van der Waals surface area contributed by atoms with Crippen LogP contribution >= 0.6 is 11.3 Å². The molecule has 2 heterocycles. The van der Waals surface area contributed by atoms with Crippen LogP contribution in [-0.4, -0.2) is 45.4 Å². The molecule has 0 spiro atoms. The first-order chi connectivity index (χ1) is 9.54. The van der Waals surface area contributed by atoms with Crippen LogP contribution in [-0.2, 0) is 20.8 Å². The van der Waals surface area contributed by atoms with Gasteiger partial charge in [0.15, 0.2) is 4.96 Å². The summed E-state index contributed by atoms with van der Waals surface area (Å²) in [5.41, 5.74) is 0.611. The van der Waals surface area contributed by atoms with Crippen LogP contribution in [0.4, 0.5) is 0 Å². The van der Waals surface area contributed by atoms with E-state index in [0.717, 1.165) is 4.96 Å². The number of aliphatic carboxylic acids is 1. The Morgan fingerprint density at radius 2 is 2.00 bits per heavy atom. The van der Waals surface area contributed by atoms with Crippen LogP contribution < -0.4 is 10.6 Å². The Hall–Kier alpha value is -2.42. The summed E-state index contributed by atoms with van der Waals surface area (Å²) in [4.78, 5) is 38.1. The Morgan fingerprint density at radius 3 is 2.70 bits per heavy atom. The molecule has 8 nitrogen and oxygen atoms in total. The first-order valence-corrected chi connectivity index (χ1v) is 6.59. The number of hydrogen-bond donors (Lipinski definition) is 3. The number of amides is 2. The van der Waals surface area contributed by atoms with E-state index in [1.807, 2.05) is 16.0 Å². The van der Waals surface area contributed by atoms with E-state index in [2.05, 4.69) is 15.6 Å². The molecule has 2 amide bonds. The lowest BCUT2D eigenvalue weighted by Crippen LogP contribution is -2.39. The van der Waals surface area contributed by atoms with Gasteiger partial charge in [0.25, 0.3) is 0 Å². The van der Waals surface area contributed by atoms with Crippen LogP contribution in [0.1, 0.15) is 5.69 Å². The van der Waals surface area contributed by atoms with Gasteiger partial charge in [-0.05, 0) is 0 Å². The van der Waals surface area contributed by atoms with Crippen molar-refractivity contribution in [2.75, 3.05) is 13.1 Å². The standard InChI is InChI=1S/C11H12N4O4S/c16-8(12-4-9(17)13-5-10(18)19)3-7-6-15-1-2-20-11(15)14-7/h1-2,6H,3-5H2,(H,12,16)(H,13,17)(H,18,19). The minimum absolute atomic E-state index is 0.0701. The number of imidazole rings is 1. The summed E-state index contributed by atoms with van der Waals surface area (Å²) in [6, 6.07) is 0. The first kappa shape index (κ1) is 14.0. The summed E-state index contributed by atoms with van der Waals surface area (Å²) < 4.78 is 1.81. The van der Waals surface area contributed by atoms with Gasteiger partial charge in [-0.3, -0.25) is 18.8 Å². The van der Waals surface area contributed by atoms with Gasteiger partial charge in [-0.2, -0.15) is 0 Å². The van der Waals surface area contributed by atoms with Crippen molar-refractivity contribution in [1.29, 1.82) is 0 Å². The Labute approximate surface area is 117 Å². The van der Waals surface area contributed by atoms with Crippen molar-refractivity contribution < 1.29 is 19.5 Å². The lowest BCUT2D eigenvalue weighted by Gasteiger charge is -2.04. The molecule has 0 aromatic carbocycles. The molecule has 0 bridgehead atoms. The van der Waals surface area contributed by atoms with Crippen molar-refractivity contribution in [2.24, 2.45) is 0 Å². The highest BCUT2D eigenvalue weighted by molar-refractivity contribution is 7.15. The predicted molar refractivity (Wildman–Crippen MR) is 70.4 cm³/mol. The SMILES string of the molecule is O=C(O)CNC(=O)CNC(=O)Cc1cn2ccsc2n1. The highest BCUT2D eigenvalue weighted by atomic mass is 32.1. The summed E-state index contributed by atoms with van der Waals surface area (Å²) in [5, 5.41) is 14.8. The molecule has 2 rings (SSSR count). The van der Waals surface area contributed by atoms with Crippen molar-refractivity contribution in [1.82, 2.24) is 20.0 Å². The maximum atomic E-state index is 11.6. The van der Waals surface area contributed by atoms with E-state index in [1.165, 1.54) is 11.3 Å². The lowest BCUT2D eigenvalue weighted by molar-refractivity contribution is -0.137. The van der Waals surface area contributed by atoms with Gasteiger partial charge in [-0.25, -0.2) is 4.98 Å². The minimum Gasteiger partial charge on any atom is -0.480 e. The molecule has 3 N–H and O–H groups in total. The van der Waals surface area contributed by atoms with E-state index in [-0.39, 0.29) is 18.9 Å². The molecular formula is C11H12N4O4S. The van der Waals surface area contributed by atoms with Crippen LogP contribution in [0.5, 0.6) is 0 Å². The summed E-state index contributed by atoms with van der Waals surface area (Å²) >= 11 is 1.46. The van der Waals surface area contributed by atoms with Gasteiger partial charge in [0.1, 0.15) is 6.54 Å². The van der Waals surface area contributed by atoms with Crippen LogP contribution in [0, 0.1) is 0 Å². The summed E-state index contributed by atoms with van der Waals surface area (Å²) in [5.74, 6) is -2.03. The molecule has 0 saturated carbocycles. The second-order valence-electron chi connectivity index (χ2n) is 3.95. The number of aromatic nitrogens is 2. The largest absolute Gasteiger partial charge is 0.480 e. The van der Waals surface area contributed by atoms with Crippen molar-refractivity contribution in [2.45, 2.75) is 6.42 Å². The first-order valence-electron chi connectivity index (χ1n) is 5.71. The quantitative estimate of drug-likeness (QED) is 0.649. The summed E-state index contributed by atoms with van der Waals surface area (Å²) in [6.45, 7) is -0.722. The number of rotatable bonds is 6. The maximum Gasteiger partial charge on any atom is 0.322 e. The van der Waals surface area contributed by atoms with Crippen molar-refractivity contribution in [3.8, 4) is 0 Å². The van der Waals surface area contributed by atoms with Gasteiger partial charge in [-0.15, -0.1) is 11.3 Å². The predicted octanol–water partition coefficient (Wildman–Crippen LogP) is -0.745. The molecule has 0 fully saturated rings. The van der Waals surface area contributed by atoms with E-state index < -0.39 is 18.4 Å². The third kappa shape index (κ3) is 3.79. The zero-order valence-corrected chi connectivity index (χ0v) is 11.1. The minimum atomic E-state index is -1.14. The van der Waals surface area contributed by atoms with Crippen molar-refractivity contribution in [3.05, 3.63) is 23.5 Å². The zero-order chi connectivity index (χ0) is 14.5. The number of thiazole rings is 1. The molecule has 0 saturated heterocycles. The van der Waals surface area contributed by atoms with Crippen LogP contribution in [0.15, 0.2) is 17.8 Å². The highest BCUT2D eigenvalue weighted by Crippen LogP contribution is 2.11.